The zero-order chi connectivity index (χ0) is 12.1. The molecule has 0 fully saturated rings. The molecule has 0 unspecified atom stereocenters. The molecule has 0 aliphatic carbocycles. The zero-order valence-corrected chi connectivity index (χ0v) is 9.22. The topological polar surface area (TPSA) is 89.4 Å². The van der Waals surface area contributed by atoms with Crippen molar-refractivity contribution < 1.29 is 26.1 Å². The molecule has 4 N–H and O–H groups in total. The third kappa shape index (κ3) is 7.21. The first kappa shape index (κ1) is 17.3. The quantitative estimate of drug-likeness (QED) is 0.553. The van der Waals surface area contributed by atoms with E-state index in [1.54, 1.807) is 0 Å². The van der Waals surface area contributed by atoms with E-state index in [0.29, 0.717) is 0 Å². The Morgan fingerprint density at radius 3 is 1.56 bits per heavy atom. The summed E-state index contributed by atoms with van der Waals surface area (Å²) < 4.78 is 57.5. The SMILES string of the molecule is Cc1ccccc1.N.O=S(=O)(O)C(F)(F)F. The van der Waals surface area contributed by atoms with Crippen LogP contribution in [0.2, 0.25) is 0 Å². The lowest BCUT2D eigenvalue weighted by molar-refractivity contribution is -0.0510. The molecular formula is C8H12F3NO3S. The number of hydrogen-bond acceptors (Lipinski definition) is 3. The maximum atomic E-state index is 10.7. The van der Waals surface area contributed by atoms with Crippen molar-refractivity contribution in [3.05, 3.63) is 35.9 Å². The Labute approximate surface area is 91.4 Å². The van der Waals surface area contributed by atoms with Gasteiger partial charge in [-0.05, 0) is 6.92 Å². The highest BCUT2D eigenvalue weighted by Gasteiger charge is 2.44. The van der Waals surface area contributed by atoms with Crippen molar-refractivity contribution in [2.75, 3.05) is 0 Å². The van der Waals surface area contributed by atoms with Crippen molar-refractivity contribution >= 4 is 10.1 Å². The molecule has 1 aromatic carbocycles. The first-order valence-corrected chi connectivity index (χ1v) is 5.14. The predicted molar refractivity (Wildman–Crippen MR) is 53.8 cm³/mol. The Hall–Kier alpha value is -1.12. The van der Waals surface area contributed by atoms with Gasteiger partial charge in [0.1, 0.15) is 0 Å². The van der Waals surface area contributed by atoms with Gasteiger partial charge >= 0.3 is 15.6 Å². The summed E-state index contributed by atoms with van der Waals surface area (Å²) in [7, 11) is -5.84. The second kappa shape index (κ2) is 6.46. The van der Waals surface area contributed by atoms with Crippen LogP contribution in [0, 0.1) is 6.92 Å². The van der Waals surface area contributed by atoms with Crippen LogP contribution in [0.3, 0.4) is 0 Å². The van der Waals surface area contributed by atoms with Gasteiger partial charge < -0.3 is 6.15 Å². The van der Waals surface area contributed by atoms with Crippen molar-refractivity contribution in [3.8, 4) is 0 Å². The van der Waals surface area contributed by atoms with E-state index >= 15 is 0 Å². The van der Waals surface area contributed by atoms with Crippen molar-refractivity contribution in [2.24, 2.45) is 0 Å². The van der Waals surface area contributed by atoms with Crippen LogP contribution in [0.5, 0.6) is 0 Å². The standard InChI is InChI=1S/C7H8.CHF3O3S.H3N/c1-7-5-3-2-4-6-7;2-1(3,4)8(5,6)7;/h2-6H,1H3;(H,5,6,7);1H3. The van der Waals surface area contributed by atoms with Crippen LogP contribution >= 0.6 is 0 Å². The fourth-order valence-corrected chi connectivity index (χ4v) is 0.534. The van der Waals surface area contributed by atoms with Gasteiger partial charge in [0.25, 0.3) is 0 Å². The van der Waals surface area contributed by atoms with Crippen molar-refractivity contribution in [2.45, 2.75) is 12.4 Å². The van der Waals surface area contributed by atoms with Gasteiger partial charge in [-0.25, -0.2) is 0 Å². The summed E-state index contributed by atoms with van der Waals surface area (Å²) in [5.41, 5.74) is -4.21. The fourth-order valence-electron chi connectivity index (χ4n) is 0.534. The molecule has 1 aromatic rings. The van der Waals surface area contributed by atoms with Crippen LogP contribution in [0.25, 0.3) is 0 Å². The second-order valence-corrected chi connectivity index (χ2v) is 3.99. The van der Waals surface area contributed by atoms with Crippen LogP contribution in [0.4, 0.5) is 13.2 Å². The van der Waals surface area contributed by atoms with Gasteiger partial charge in [-0.1, -0.05) is 35.9 Å². The van der Waals surface area contributed by atoms with Gasteiger partial charge in [-0.2, -0.15) is 21.6 Å². The van der Waals surface area contributed by atoms with Crippen LogP contribution in [-0.2, 0) is 10.1 Å². The smallest absolute Gasteiger partial charge is 0.344 e. The van der Waals surface area contributed by atoms with Crippen molar-refractivity contribution in [1.82, 2.24) is 6.15 Å². The number of hydrogen-bond donors (Lipinski definition) is 2. The van der Waals surface area contributed by atoms with E-state index in [9.17, 15) is 13.2 Å². The summed E-state index contributed by atoms with van der Waals surface area (Å²) in [6.45, 7) is 2.08. The monoisotopic (exact) mass is 259 g/mol. The molecule has 0 aromatic heterocycles. The maximum absolute atomic E-state index is 10.7. The maximum Gasteiger partial charge on any atom is 0.522 e. The van der Waals surface area contributed by atoms with Crippen LogP contribution in [0.15, 0.2) is 30.3 Å². The molecule has 0 aliphatic rings. The second-order valence-electron chi connectivity index (χ2n) is 2.58. The first-order chi connectivity index (χ1) is 6.64. The summed E-state index contributed by atoms with van der Waals surface area (Å²) >= 11 is 0. The number of benzene rings is 1. The molecule has 4 nitrogen and oxygen atoms in total. The fraction of sp³-hybridized carbons (Fsp3) is 0.250. The number of rotatable bonds is 0. The molecule has 8 heteroatoms. The van der Waals surface area contributed by atoms with Crippen molar-refractivity contribution in [3.63, 3.8) is 0 Å². The molecule has 0 spiro atoms. The minimum Gasteiger partial charge on any atom is -0.344 e. The molecule has 0 radical (unpaired) electrons. The molecular weight excluding hydrogens is 247 g/mol. The molecule has 1 rings (SSSR count). The van der Waals surface area contributed by atoms with Crippen LogP contribution in [-0.4, -0.2) is 18.5 Å². The lowest BCUT2D eigenvalue weighted by Crippen LogP contribution is -2.21. The highest BCUT2D eigenvalue weighted by molar-refractivity contribution is 7.86. The first-order valence-electron chi connectivity index (χ1n) is 3.70. The third-order valence-corrected chi connectivity index (χ3v) is 1.82. The van der Waals surface area contributed by atoms with E-state index < -0.39 is 15.6 Å². The van der Waals surface area contributed by atoms with E-state index in [1.807, 2.05) is 18.2 Å². The minimum atomic E-state index is -5.84. The highest BCUT2D eigenvalue weighted by atomic mass is 32.2. The van der Waals surface area contributed by atoms with Gasteiger partial charge in [0.15, 0.2) is 0 Å². The van der Waals surface area contributed by atoms with E-state index in [1.165, 1.54) is 5.56 Å². The Bertz CT molecular complexity index is 389. The number of alkyl halides is 3. The van der Waals surface area contributed by atoms with Gasteiger partial charge in [0.05, 0.1) is 0 Å². The summed E-state index contributed by atoms with van der Waals surface area (Å²) in [5, 5.41) is 0. The Morgan fingerprint density at radius 1 is 1.12 bits per heavy atom. The lowest BCUT2D eigenvalue weighted by Gasteiger charge is -1.97. The van der Waals surface area contributed by atoms with Crippen molar-refractivity contribution in [1.29, 1.82) is 0 Å². The minimum absolute atomic E-state index is 0. The molecule has 0 amide bonds. The summed E-state index contributed by atoms with van der Waals surface area (Å²) in [5.74, 6) is 0. The molecule has 0 saturated heterocycles. The van der Waals surface area contributed by atoms with Gasteiger partial charge in [-0.3, -0.25) is 4.55 Å². The molecule has 0 atom stereocenters. The van der Waals surface area contributed by atoms with E-state index in [2.05, 4.69) is 19.1 Å². The van der Waals surface area contributed by atoms with Gasteiger partial charge in [0, 0.05) is 0 Å². The van der Waals surface area contributed by atoms with E-state index in [-0.39, 0.29) is 6.15 Å². The molecule has 16 heavy (non-hydrogen) atoms. The number of halogens is 3. The van der Waals surface area contributed by atoms with Crippen LogP contribution < -0.4 is 6.15 Å². The molecule has 0 heterocycles. The molecule has 0 bridgehead atoms. The zero-order valence-electron chi connectivity index (χ0n) is 8.40. The molecule has 94 valence electrons. The Kier molecular flexibility index (Phi) is 6.98. The Morgan fingerprint density at radius 2 is 1.44 bits per heavy atom. The van der Waals surface area contributed by atoms with E-state index in [4.69, 9.17) is 13.0 Å². The largest absolute Gasteiger partial charge is 0.522 e. The predicted octanol–water partition coefficient (Wildman–Crippen LogP) is 2.55. The average Bonchev–Trinajstić information content (AvgIpc) is 2.02. The average molecular weight is 259 g/mol. The molecule has 0 saturated carbocycles. The van der Waals surface area contributed by atoms with Gasteiger partial charge in [0.2, 0.25) is 0 Å². The van der Waals surface area contributed by atoms with Crippen LogP contribution in [0.1, 0.15) is 5.56 Å². The summed E-state index contributed by atoms with van der Waals surface area (Å²) in [4.78, 5) is 0. The number of aryl methyl sites for hydroxylation is 1. The molecule has 0 aliphatic heterocycles. The Balaban J connectivity index is 0. The summed E-state index contributed by atoms with van der Waals surface area (Å²) in [6.07, 6.45) is 0. The normalized spacial score (nSPS) is 10.8. The third-order valence-electron chi connectivity index (χ3n) is 1.23. The van der Waals surface area contributed by atoms with Gasteiger partial charge in [-0.15, -0.1) is 0 Å². The lowest BCUT2D eigenvalue weighted by atomic mass is 10.2. The highest BCUT2D eigenvalue weighted by Crippen LogP contribution is 2.20. The van der Waals surface area contributed by atoms with E-state index in [0.717, 1.165) is 0 Å². The summed E-state index contributed by atoms with van der Waals surface area (Å²) in [6, 6.07) is 10.3.